The fourth-order valence-corrected chi connectivity index (χ4v) is 5.07. The highest BCUT2D eigenvalue weighted by atomic mass is 32.2. The molecule has 0 fully saturated rings. The van der Waals surface area contributed by atoms with Crippen LogP contribution in [-0.4, -0.2) is 32.8 Å². The van der Waals surface area contributed by atoms with Gasteiger partial charge < -0.3 is 14.4 Å². The molecule has 9 heteroatoms. The van der Waals surface area contributed by atoms with Crippen molar-refractivity contribution < 1.29 is 23.8 Å². The van der Waals surface area contributed by atoms with E-state index in [9.17, 15) is 19.1 Å². The topological polar surface area (TPSA) is 93.5 Å². The van der Waals surface area contributed by atoms with E-state index < -0.39 is 5.91 Å². The molecule has 0 atom stereocenters. The predicted molar refractivity (Wildman–Crippen MR) is 146 cm³/mol. The van der Waals surface area contributed by atoms with Crippen LogP contribution in [0.15, 0.2) is 72.8 Å². The summed E-state index contributed by atoms with van der Waals surface area (Å²) in [4.78, 5) is 30.4. The van der Waals surface area contributed by atoms with E-state index >= 15 is 0 Å². The van der Waals surface area contributed by atoms with Crippen LogP contribution in [0, 0.1) is 5.82 Å². The summed E-state index contributed by atoms with van der Waals surface area (Å²) in [6.45, 7) is 2.40. The van der Waals surface area contributed by atoms with E-state index in [2.05, 4.69) is 14.3 Å². The first-order chi connectivity index (χ1) is 18.4. The lowest BCUT2D eigenvalue weighted by Gasteiger charge is -2.12. The smallest absolute Gasteiger partial charge is 0.280 e. The number of hydrogen-bond donors (Lipinski definition) is 2. The number of methoxy groups -OCH3 is 1. The summed E-state index contributed by atoms with van der Waals surface area (Å²) in [5, 5.41) is 11.4. The Labute approximate surface area is 222 Å². The summed E-state index contributed by atoms with van der Waals surface area (Å²) in [5.74, 6) is -0.318. The van der Waals surface area contributed by atoms with Gasteiger partial charge in [0, 0.05) is 34.8 Å². The quantitative estimate of drug-likeness (QED) is 0.267. The Balaban J connectivity index is 1.53. The van der Waals surface area contributed by atoms with Gasteiger partial charge in [-0.25, -0.2) is 9.37 Å². The summed E-state index contributed by atoms with van der Waals surface area (Å²) < 4.78 is 23.4. The van der Waals surface area contributed by atoms with Crippen LogP contribution in [0.4, 0.5) is 4.39 Å². The molecule has 0 spiro atoms. The van der Waals surface area contributed by atoms with E-state index in [4.69, 9.17) is 4.74 Å². The Hall–Kier alpha value is -4.37. The number of pyridine rings is 1. The Morgan fingerprint density at radius 3 is 2.55 bits per heavy atom. The number of phenols is 1. The molecule has 2 aromatic heterocycles. The van der Waals surface area contributed by atoms with Crippen LogP contribution in [-0.2, 0) is 13.0 Å². The van der Waals surface area contributed by atoms with Gasteiger partial charge >= 0.3 is 0 Å². The Morgan fingerprint density at radius 2 is 1.82 bits per heavy atom. The van der Waals surface area contributed by atoms with E-state index in [1.54, 1.807) is 54.6 Å². The highest BCUT2D eigenvalue weighted by Crippen LogP contribution is 2.34. The summed E-state index contributed by atoms with van der Waals surface area (Å²) in [6.07, 6.45) is 0.538. The first-order valence-corrected chi connectivity index (χ1v) is 12.7. The third-order valence-electron chi connectivity index (χ3n) is 6.28. The normalized spacial score (nSPS) is 11.1. The van der Waals surface area contributed by atoms with Crippen molar-refractivity contribution in [3.05, 3.63) is 101 Å². The molecular formula is C29H24FN3O4S. The van der Waals surface area contributed by atoms with E-state index in [0.29, 0.717) is 41.9 Å². The van der Waals surface area contributed by atoms with Crippen LogP contribution in [0.5, 0.6) is 11.5 Å². The van der Waals surface area contributed by atoms with Crippen molar-refractivity contribution in [1.82, 2.24) is 14.3 Å². The summed E-state index contributed by atoms with van der Waals surface area (Å²) >= 11 is 0.661. The van der Waals surface area contributed by atoms with Crippen molar-refractivity contribution in [2.24, 2.45) is 0 Å². The zero-order valence-electron chi connectivity index (χ0n) is 20.7. The molecule has 0 aliphatic rings. The highest BCUT2D eigenvalue weighted by Gasteiger charge is 2.21. The number of benzene rings is 3. The van der Waals surface area contributed by atoms with Crippen molar-refractivity contribution >= 4 is 44.8 Å². The van der Waals surface area contributed by atoms with Gasteiger partial charge in [0.15, 0.2) is 0 Å². The Bertz CT molecular complexity index is 1680. The number of nitrogens with one attached hydrogen (secondary N) is 1. The van der Waals surface area contributed by atoms with Crippen molar-refractivity contribution in [2.45, 2.75) is 19.9 Å². The fourth-order valence-electron chi connectivity index (χ4n) is 4.51. The second-order valence-electron chi connectivity index (χ2n) is 8.64. The lowest BCUT2D eigenvalue weighted by molar-refractivity contribution is 0.0973. The first kappa shape index (κ1) is 25.3. The summed E-state index contributed by atoms with van der Waals surface area (Å²) in [5.41, 5.74) is 3.75. The number of phenolic OH excluding ortho intramolecular Hbond substituents is 1. The number of aryl methyl sites for hydroxylation is 1. The molecule has 2 N–H and O–H groups in total. The molecule has 0 radical (unpaired) electrons. The number of ether oxygens (including phenoxy) is 1. The molecule has 192 valence electrons. The number of hydrogen-bond acceptors (Lipinski definition) is 6. The third kappa shape index (κ3) is 4.80. The van der Waals surface area contributed by atoms with Crippen LogP contribution in [0.25, 0.3) is 21.8 Å². The lowest BCUT2D eigenvalue weighted by atomic mass is 10.1. The van der Waals surface area contributed by atoms with Crippen molar-refractivity contribution in [2.75, 3.05) is 7.11 Å². The van der Waals surface area contributed by atoms with E-state index in [1.165, 1.54) is 19.2 Å². The molecule has 0 saturated heterocycles. The van der Waals surface area contributed by atoms with Gasteiger partial charge in [-0.2, -0.15) is 0 Å². The van der Waals surface area contributed by atoms with Crippen LogP contribution in [0.3, 0.4) is 0 Å². The average Bonchev–Trinajstić information content (AvgIpc) is 3.24. The number of nitrogens with zero attached hydrogens (tertiary/aromatic N) is 2. The molecule has 2 heterocycles. The molecule has 7 nitrogen and oxygen atoms in total. The van der Waals surface area contributed by atoms with Gasteiger partial charge in [-0.1, -0.05) is 31.2 Å². The molecule has 1 amide bonds. The van der Waals surface area contributed by atoms with Gasteiger partial charge in [0.05, 0.1) is 23.9 Å². The first-order valence-electron chi connectivity index (χ1n) is 11.9. The van der Waals surface area contributed by atoms with Gasteiger partial charge in [0.2, 0.25) is 5.12 Å². The van der Waals surface area contributed by atoms with Gasteiger partial charge in [-0.3, -0.25) is 14.3 Å². The van der Waals surface area contributed by atoms with Gasteiger partial charge in [-0.15, -0.1) is 0 Å². The molecule has 3 aromatic carbocycles. The maximum atomic E-state index is 13.5. The molecular weight excluding hydrogens is 505 g/mol. The molecule has 5 rings (SSSR count). The molecule has 5 aromatic rings. The van der Waals surface area contributed by atoms with E-state index in [1.807, 2.05) is 13.0 Å². The minimum atomic E-state index is -0.519. The average molecular weight is 530 g/mol. The number of aromatic hydroxyl groups is 1. The van der Waals surface area contributed by atoms with Crippen molar-refractivity contribution in [1.29, 1.82) is 0 Å². The number of fused-ring (bicyclic) bond motifs is 3. The second kappa shape index (κ2) is 10.5. The van der Waals surface area contributed by atoms with Gasteiger partial charge in [0.25, 0.3) is 5.91 Å². The molecule has 0 bridgehead atoms. The monoisotopic (exact) mass is 529 g/mol. The van der Waals surface area contributed by atoms with Crippen molar-refractivity contribution in [3.63, 3.8) is 0 Å². The zero-order chi connectivity index (χ0) is 26.8. The maximum absolute atomic E-state index is 13.5. The minimum Gasteiger partial charge on any atom is -0.508 e. The van der Waals surface area contributed by atoms with Crippen LogP contribution in [0.2, 0.25) is 0 Å². The standard InChI is InChI=1S/C29H24FN3O4S/c1-3-23-27-22(15-24(31-23)28(35)32-38-29(36)20-6-4-5-7-26(20)37-2)21-14-19(34)12-13-25(21)33(27)16-17-8-10-18(30)11-9-17/h4-15,34H,3,16H2,1-2H3,(H,32,35). The number of rotatable bonds is 6. The number of carbonyl (C=O) groups excluding carboxylic acids is 2. The molecule has 0 unspecified atom stereocenters. The van der Waals surface area contributed by atoms with Crippen LogP contribution >= 0.6 is 11.9 Å². The highest BCUT2D eigenvalue weighted by molar-refractivity contribution is 8.12. The Kier molecular flexibility index (Phi) is 7.02. The van der Waals surface area contributed by atoms with Gasteiger partial charge in [0.1, 0.15) is 23.0 Å². The number of aromatic nitrogens is 2. The maximum Gasteiger partial charge on any atom is 0.280 e. The second-order valence-corrected chi connectivity index (χ2v) is 9.42. The predicted octanol–water partition coefficient (Wildman–Crippen LogP) is 5.87. The van der Waals surface area contributed by atoms with E-state index in [0.717, 1.165) is 27.4 Å². The minimum absolute atomic E-state index is 0.0946. The van der Waals surface area contributed by atoms with Gasteiger partial charge in [-0.05, 0) is 60.5 Å². The molecule has 0 saturated carbocycles. The van der Waals surface area contributed by atoms with E-state index in [-0.39, 0.29) is 22.4 Å². The summed E-state index contributed by atoms with van der Waals surface area (Å²) in [7, 11) is 1.48. The lowest BCUT2D eigenvalue weighted by Crippen LogP contribution is -2.20. The van der Waals surface area contributed by atoms with Crippen LogP contribution in [0.1, 0.15) is 39.0 Å². The van der Waals surface area contributed by atoms with Crippen LogP contribution < -0.4 is 9.46 Å². The zero-order valence-corrected chi connectivity index (χ0v) is 21.5. The molecule has 38 heavy (non-hydrogen) atoms. The number of halogens is 1. The Morgan fingerprint density at radius 1 is 1.05 bits per heavy atom. The van der Waals surface area contributed by atoms with Crippen molar-refractivity contribution in [3.8, 4) is 11.5 Å². The molecule has 0 aliphatic carbocycles. The molecule has 0 aliphatic heterocycles. The number of para-hydroxylation sites is 1. The fraction of sp³-hybridized carbons (Fsp3) is 0.138. The summed E-state index contributed by atoms with van der Waals surface area (Å²) in [6, 6.07) is 19.8. The SMILES string of the molecule is CCc1nc(C(=O)NSC(=O)c2ccccc2OC)cc2c3cc(O)ccc3n(Cc3ccc(F)cc3)c12. The number of carbonyl (C=O) groups is 2. The number of amides is 1. The largest absolute Gasteiger partial charge is 0.508 e. The third-order valence-corrected chi connectivity index (χ3v) is 6.97.